The minimum Gasteiger partial charge on any atom is -0.396 e. The fraction of sp³-hybridized carbons (Fsp3) is 0.500. The standard InChI is InChI=1S/C20H29N3O2/c1-15(14-24)12-22(13-19-8-6-5-7-9-19)20(25)10-11-23-18(4)16(2)17(3)21-23/h5-9,15,24H,10-14H2,1-4H3/t15-/m1/s1. The Kier molecular flexibility index (Phi) is 6.76. The summed E-state index contributed by atoms with van der Waals surface area (Å²) >= 11 is 0. The zero-order valence-corrected chi connectivity index (χ0v) is 15.7. The number of carbonyl (C=O) groups excluding carboxylic acids is 1. The lowest BCUT2D eigenvalue weighted by Crippen LogP contribution is -2.35. The Morgan fingerprint density at radius 3 is 2.48 bits per heavy atom. The van der Waals surface area contributed by atoms with Gasteiger partial charge in [0.1, 0.15) is 0 Å². The first kappa shape index (κ1) is 19.2. The van der Waals surface area contributed by atoms with E-state index in [4.69, 9.17) is 0 Å². The van der Waals surface area contributed by atoms with Crippen LogP contribution < -0.4 is 0 Å². The van der Waals surface area contributed by atoms with E-state index in [2.05, 4.69) is 12.0 Å². The Balaban J connectivity index is 2.04. The van der Waals surface area contributed by atoms with Crippen molar-refractivity contribution in [3.05, 3.63) is 52.8 Å². The highest BCUT2D eigenvalue weighted by atomic mass is 16.3. The van der Waals surface area contributed by atoms with Crippen LogP contribution in [0.5, 0.6) is 0 Å². The van der Waals surface area contributed by atoms with Crippen LogP contribution in [0.25, 0.3) is 0 Å². The molecule has 0 radical (unpaired) electrons. The van der Waals surface area contributed by atoms with Crippen molar-refractivity contribution in [2.75, 3.05) is 13.2 Å². The van der Waals surface area contributed by atoms with E-state index in [9.17, 15) is 9.90 Å². The maximum absolute atomic E-state index is 12.8. The van der Waals surface area contributed by atoms with Crippen molar-refractivity contribution in [1.82, 2.24) is 14.7 Å². The van der Waals surface area contributed by atoms with E-state index in [1.165, 1.54) is 5.56 Å². The quantitative estimate of drug-likeness (QED) is 0.802. The lowest BCUT2D eigenvalue weighted by molar-refractivity contribution is -0.132. The van der Waals surface area contributed by atoms with Crippen LogP contribution in [0.1, 0.15) is 35.9 Å². The lowest BCUT2D eigenvalue weighted by atomic mass is 10.1. The van der Waals surface area contributed by atoms with E-state index < -0.39 is 0 Å². The maximum Gasteiger partial charge on any atom is 0.224 e. The first-order valence-corrected chi connectivity index (χ1v) is 8.85. The summed E-state index contributed by atoms with van der Waals surface area (Å²) in [5.41, 5.74) is 4.41. The van der Waals surface area contributed by atoms with Gasteiger partial charge in [0.25, 0.3) is 0 Å². The first-order valence-electron chi connectivity index (χ1n) is 8.85. The number of carbonyl (C=O) groups is 1. The van der Waals surface area contributed by atoms with Gasteiger partial charge in [0.05, 0.1) is 5.69 Å². The molecular formula is C20H29N3O2. The van der Waals surface area contributed by atoms with E-state index in [1.54, 1.807) is 0 Å². The molecule has 0 bridgehead atoms. The Bertz CT molecular complexity index is 694. The van der Waals surface area contributed by atoms with Crippen molar-refractivity contribution in [1.29, 1.82) is 0 Å². The number of hydrogen-bond acceptors (Lipinski definition) is 3. The van der Waals surface area contributed by atoms with Crippen LogP contribution in [-0.2, 0) is 17.9 Å². The van der Waals surface area contributed by atoms with Gasteiger partial charge in [-0.3, -0.25) is 9.48 Å². The summed E-state index contributed by atoms with van der Waals surface area (Å²) in [5.74, 6) is 0.151. The summed E-state index contributed by atoms with van der Waals surface area (Å²) in [7, 11) is 0. The zero-order valence-electron chi connectivity index (χ0n) is 15.7. The highest BCUT2D eigenvalue weighted by molar-refractivity contribution is 5.76. The number of nitrogens with zero attached hydrogens (tertiary/aromatic N) is 3. The van der Waals surface area contributed by atoms with Crippen LogP contribution in [-0.4, -0.2) is 38.8 Å². The van der Waals surface area contributed by atoms with E-state index in [0.717, 1.165) is 17.0 Å². The van der Waals surface area contributed by atoms with Crippen molar-refractivity contribution >= 4 is 5.91 Å². The zero-order chi connectivity index (χ0) is 18.4. The number of amides is 1. The molecule has 0 spiro atoms. The van der Waals surface area contributed by atoms with Crippen LogP contribution in [0, 0.1) is 26.7 Å². The van der Waals surface area contributed by atoms with Crippen LogP contribution in [0.4, 0.5) is 0 Å². The largest absolute Gasteiger partial charge is 0.396 e. The van der Waals surface area contributed by atoms with Crippen molar-refractivity contribution in [3.8, 4) is 0 Å². The van der Waals surface area contributed by atoms with Crippen LogP contribution in [0.2, 0.25) is 0 Å². The third-order valence-electron chi connectivity index (χ3n) is 4.69. The molecule has 0 aliphatic carbocycles. The van der Waals surface area contributed by atoms with Crippen molar-refractivity contribution in [2.24, 2.45) is 5.92 Å². The average Bonchev–Trinajstić information content (AvgIpc) is 2.86. The van der Waals surface area contributed by atoms with Gasteiger partial charge in [-0.15, -0.1) is 0 Å². The molecule has 0 fully saturated rings. The fourth-order valence-electron chi connectivity index (χ4n) is 2.86. The summed E-state index contributed by atoms with van der Waals surface area (Å²) in [4.78, 5) is 14.6. The molecule has 2 aromatic rings. The summed E-state index contributed by atoms with van der Waals surface area (Å²) < 4.78 is 1.92. The molecule has 1 aromatic heterocycles. The van der Waals surface area contributed by atoms with Crippen molar-refractivity contribution < 1.29 is 9.90 Å². The van der Waals surface area contributed by atoms with Gasteiger partial charge in [-0.25, -0.2) is 0 Å². The number of hydrogen-bond donors (Lipinski definition) is 1. The second-order valence-corrected chi connectivity index (χ2v) is 6.82. The molecular weight excluding hydrogens is 314 g/mol. The lowest BCUT2D eigenvalue weighted by Gasteiger charge is -2.25. The minimum atomic E-state index is 0.0589. The Morgan fingerprint density at radius 2 is 1.92 bits per heavy atom. The molecule has 25 heavy (non-hydrogen) atoms. The molecule has 0 aliphatic heterocycles. The van der Waals surface area contributed by atoms with Gasteiger partial charge >= 0.3 is 0 Å². The SMILES string of the molecule is Cc1nn(CCC(=O)N(Cc2ccccc2)C[C@@H](C)CO)c(C)c1C. The summed E-state index contributed by atoms with van der Waals surface area (Å²) in [6, 6.07) is 9.97. The molecule has 1 amide bonds. The van der Waals surface area contributed by atoms with Crippen LogP contribution in [0.15, 0.2) is 30.3 Å². The molecule has 5 nitrogen and oxygen atoms in total. The molecule has 2 rings (SSSR count). The third-order valence-corrected chi connectivity index (χ3v) is 4.69. The van der Waals surface area contributed by atoms with Gasteiger partial charge in [0, 0.05) is 38.4 Å². The van der Waals surface area contributed by atoms with Gasteiger partial charge < -0.3 is 10.0 Å². The van der Waals surface area contributed by atoms with Gasteiger partial charge in [-0.2, -0.15) is 5.10 Å². The number of aliphatic hydroxyl groups excluding tert-OH is 1. The number of aliphatic hydroxyl groups is 1. The molecule has 5 heteroatoms. The highest BCUT2D eigenvalue weighted by Gasteiger charge is 2.18. The molecule has 1 atom stereocenters. The summed E-state index contributed by atoms with van der Waals surface area (Å²) in [6.45, 7) is 9.82. The summed E-state index contributed by atoms with van der Waals surface area (Å²) in [6.07, 6.45) is 0.409. The second kappa shape index (κ2) is 8.81. The minimum absolute atomic E-state index is 0.0589. The predicted molar refractivity (Wildman–Crippen MR) is 99.2 cm³/mol. The van der Waals surface area contributed by atoms with Gasteiger partial charge in [0.15, 0.2) is 0 Å². The highest BCUT2D eigenvalue weighted by Crippen LogP contribution is 2.13. The van der Waals surface area contributed by atoms with Crippen LogP contribution in [0.3, 0.4) is 0 Å². The number of benzene rings is 1. The molecule has 136 valence electrons. The normalized spacial score (nSPS) is 12.2. The van der Waals surface area contributed by atoms with Gasteiger partial charge in [0.2, 0.25) is 5.91 Å². The molecule has 1 heterocycles. The Morgan fingerprint density at radius 1 is 1.24 bits per heavy atom. The third kappa shape index (κ3) is 5.16. The Labute approximate surface area is 150 Å². The monoisotopic (exact) mass is 343 g/mol. The maximum atomic E-state index is 12.8. The molecule has 1 aromatic carbocycles. The van der Waals surface area contributed by atoms with E-state index in [-0.39, 0.29) is 18.4 Å². The smallest absolute Gasteiger partial charge is 0.224 e. The summed E-state index contributed by atoms with van der Waals surface area (Å²) in [5, 5.41) is 13.9. The molecule has 0 aliphatic rings. The van der Waals surface area contributed by atoms with Crippen LogP contribution >= 0.6 is 0 Å². The van der Waals surface area contributed by atoms with Gasteiger partial charge in [-0.05, 0) is 37.8 Å². The number of rotatable bonds is 8. The van der Waals surface area contributed by atoms with Crippen molar-refractivity contribution in [2.45, 2.75) is 47.2 Å². The predicted octanol–water partition coefficient (Wildman–Crippen LogP) is 2.86. The molecule has 1 N–H and O–H groups in total. The van der Waals surface area contributed by atoms with Gasteiger partial charge in [-0.1, -0.05) is 37.3 Å². The van der Waals surface area contributed by atoms with E-state index in [0.29, 0.717) is 26.1 Å². The number of aryl methyl sites for hydroxylation is 2. The topological polar surface area (TPSA) is 58.4 Å². The van der Waals surface area contributed by atoms with Crippen molar-refractivity contribution in [3.63, 3.8) is 0 Å². The second-order valence-electron chi connectivity index (χ2n) is 6.82. The molecule has 0 saturated heterocycles. The fourth-order valence-corrected chi connectivity index (χ4v) is 2.86. The Hall–Kier alpha value is -2.14. The van der Waals surface area contributed by atoms with E-state index in [1.807, 2.05) is 60.7 Å². The first-order chi connectivity index (χ1) is 11.9. The molecule has 0 saturated carbocycles. The van der Waals surface area contributed by atoms with E-state index >= 15 is 0 Å². The number of aromatic nitrogens is 2. The molecule has 0 unspecified atom stereocenters. The average molecular weight is 343 g/mol.